The second-order valence-corrected chi connectivity index (χ2v) is 5.47. The highest BCUT2D eigenvalue weighted by Gasteiger charge is 2.34. The molecule has 1 aromatic carbocycles. The first-order valence-electron chi connectivity index (χ1n) is 6.73. The molecule has 0 aromatic heterocycles. The summed E-state index contributed by atoms with van der Waals surface area (Å²) in [5.41, 5.74) is 6.25. The summed E-state index contributed by atoms with van der Waals surface area (Å²) in [6, 6.07) is 6.77. The molecule has 2 nitrogen and oxygen atoms in total. The van der Waals surface area contributed by atoms with Crippen LogP contribution in [0.25, 0.3) is 0 Å². The van der Waals surface area contributed by atoms with E-state index in [1.807, 2.05) is 6.07 Å². The van der Waals surface area contributed by atoms with Crippen LogP contribution in [0.2, 0.25) is 0 Å². The monoisotopic (exact) mass is 251 g/mol. The molecular weight excluding hydrogens is 229 g/mol. The van der Waals surface area contributed by atoms with Crippen LogP contribution in [-0.4, -0.2) is 12.1 Å². The molecule has 0 bridgehead atoms. The quantitative estimate of drug-likeness (QED) is 0.891. The van der Waals surface area contributed by atoms with Crippen LogP contribution in [0.4, 0.5) is 4.39 Å². The Labute approximate surface area is 108 Å². The van der Waals surface area contributed by atoms with E-state index in [0.29, 0.717) is 24.6 Å². The van der Waals surface area contributed by atoms with Gasteiger partial charge in [0.15, 0.2) is 0 Å². The summed E-state index contributed by atoms with van der Waals surface area (Å²) < 4.78 is 19.5. The van der Waals surface area contributed by atoms with Crippen LogP contribution in [-0.2, 0) is 11.3 Å². The van der Waals surface area contributed by atoms with Crippen molar-refractivity contribution in [2.75, 3.05) is 6.54 Å². The molecule has 3 heteroatoms. The lowest BCUT2D eigenvalue weighted by Crippen LogP contribution is -2.44. The Morgan fingerprint density at radius 1 is 1.44 bits per heavy atom. The summed E-state index contributed by atoms with van der Waals surface area (Å²) in [5.74, 6) is 0.441. The van der Waals surface area contributed by atoms with Crippen LogP contribution in [0.15, 0.2) is 24.3 Å². The highest BCUT2D eigenvalue weighted by Crippen LogP contribution is 2.35. The molecule has 0 heterocycles. The zero-order chi connectivity index (χ0) is 13.0. The lowest BCUT2D eigenvalue weighted by atomic mass is 9.79. The van der Waals surface area contributed by atoms with Crippen molar-refractivity contribution in [2.24, 2.45) is 11.7 Å². The number of benzene rings is 1. The topological polar surface area (TPSA) is 35.2 Å². The Hall–Kier alpha value is -0.930. The molecule has 1 aromatic rings. The first-order chi connectivity index (χ1) is 8.65. The molecule has 0 aliphatic heterocycles. The van der Waals surface area contributed by atoms with Crippen molar-refractivity contribution in [3.8, 4) is 0 Å². The number of hydrogen-bond acceptors (Lipinski definition) is 2. The van der Waals surface area contributed by atoms with Gasteiger partial charge in [-0.15, -0.1) is 0 Å². The highest BCUT2D eigenvalue weighted by molar-refractivity contribution is 5.16. The lowest BCUT2D eigenvalue weighted by molar-refractivity contribution is -0.0847. The normalized spacial score (nSPS) is 28.3. The second kappa shape index (κ2) is 5.81. The highest BCUT2D eigenvalue weighted by atomic mass is 19.1. The summed E-state index contributed by atoms with van der Waals surface area (Å²) in [6.07, 6.45) is 4.36. The maximum atomic E-state index is 13.5. The molecule has 0 saturated heterocycles. The standard InChI is InChI=1S/C15H22FNO/c1-12-5-4-8-15(9-12,11-17)18-10-13-6-2-3-7-14(13)16/h2-3,6-7,12H,4-5,8-11,17H2,1H3. The smallest absolute Gasteiger partial charge is 0.128 e. The van der Waals surface area contributed by atoms with Crippen molar-refractivity contribution in [1.29, 1.82) is 0 Å². The first kappa shape index (κ1) is 13.5. The number of hydrogen-bond donors (Lipinski definition) is 1. The summed E-state index contributed by atoms with van der Waals surface area (Å²) in [5, 5.41) is 0. The molecule has 100 valence electrons. The number of nitrogens with two attached hydrogens (primary N) is 1. The SMILES string of the molecule is CC1CCCC(CN)(OCc2ccccc2F)C1. The van der Waals surface area contributed by atoms with Crippen LogP contribution < -0.4 is 5.73 Å². The fourth-order valence-electron chi connectivity index (χ4n) is 2.83. The first-order valence-corrected chi connectivity index (χ1v) is 6.73. The summed E-state index contributed by atoms with van der Waals surface area (Å²) in [4.78, 5) is 0. The molecule has 0 amide bonds. The van der Waals surface area contributed by atoms with Gasteiger partial charge in [-0.25, -0.2) is 4.39 Å². The van der Waals surface area contributed by atoms with Crippen LogP contribution in [0.5, 0.6) is 0 Å². The minimum Gasteiger partial charge on any atom is -0.369 e. The Bertz CT molecular complexity index is 396. The minimum atomic E-state index is -0.250. The molecule has 2 rings (SSSR count). The van der Waals surface area contributed by atoms with Gasteiger partial charge < -0.3 is 10.5 Å². The number of halogens is 1. The Morgan fingerprint density at radius 3 is 2.89 bits per heavy atom. The van der Waals surface area contributed by atoms with E-state index in [2.05, 4.69) is 6.92 Å². The van der Waals surface area contributed by atoms with Crippen molar-refractivity contribution in [3.05, 3.63) is 35.6 Å². The predicted molar refractivity (Wildman–Crippen MR) is 70.6 cm³/mol. The second-order valence-electron chi connectivity index (χ2n) is 5.47. The van der Waals surface area contributed by atoms with Crippen LogP contribution >= 0.6 is 0 Å². The van der Waals surface area contributed by atoms with Crippen molar-refractivity contribution in [1.82, 2.24) is 0 Å². The van der Waals surface area contributed by atoms with Gasteiger partial charge in [0.05, 0.1) is 12.2 Å². The van der Waals surface area contributed by atoms with Gasteiger partial charge in [0, 0.05) is 12.1 Å². The van der Waals surface area contributed by atoms with E-state index in [4.69, 9.17) is 10.5 Å². The van der Waals surface area contributed by atoms with Crippen molar-refractivity contribution >= 4 is 0 Å². The van der Waals surface area contributed by atoms with Gasteiger partial charge in [-0.1, -0.05) is 38.0 Å². The van der Waals surface area contributed by atoms with Crippen LogP contribution in [0.1, 0.15) is 38.2 Å². The van der Waals surface area contributed by atoms with E-state index < -0.39 is 0 Å². The molecule has 2 N–H and O–H groups in total. The zero-order valence-electron chi connectivity index (χ0n) is 11.0. The van der Waals surface area contributed by atoms with E-state index in [1.54, 1.807) is 12.1 Å². The maximum Gasteiger partial charge on any atom is 0.128 e. The summed E-state index contributed by atoms with van der Waals surface area (Å²) in [6.45, 7) is 3.07. The molecule has 2 atom stereocenters. The Balaban J connectivity index is 2.01. The van der Waals surface area contributed by atoms with Gasteiger partial charge in [0.2, 0.25) is 0 Å². The van der Waals surface area contributed by atoms with E-state index in [0.717, 1.165) is 19.3 Å². The van der Waals surface area contributed by atoms with Crippen molar-refractivity contribution < 1.29 is 9.13 Å². The Kier molecular flexibility index (Phi) is 4.36. The third kappa shape index (κ3) is 3.09. The van der Waals surface area contributed by atoms with Gasteiger partial charge in [-0.3, -0.25) is 0 Å². The molecule has 0 spiro atoms. The Morgan fingerprint density at radius 2 is 2.22 bits per heavy atom. The zero-order valence-corrected chi connectivity index (χ0v) is 11.0. The summed E-state index contributed by atoms with van der Waals surface area (Å²) in [7, 11) is 0. The van der Waals surface area contributed by atoms with E-state index >= 15 is 0 Å². The average Bonchev–Trinajstić information content (AvgIpc) is 2.38. The molecule has 1 saturated carbocycles. The van der Waals surface area contributed by atoms with Crippen molar-refractivity contribution in [3.63, 3.8) is 0 Å². The van der Waals surface area contributed by atoms with Gasteiger partial charge >= 0.3 is 0 Å². The third-order valence-electron chi connectivity index (χ3n) is 3.91. The lowest BCUT2D eigenvalue weighted by Gasteiger charge is -2.39. The van der Waals surface area contributed by atoms with Gasteiger partial charge in [0.1, 0.15) is 5.82 Å². The molecule has 18 heavy (non-hydrogen) atoms. The minimum absolute atomic E-state index is 0.200. The largest absolute Gasteiger partial charge is 0.369 e. The molecule has 2 unspecified atom stereocenters. The average molecular weight is 251 g/mol. The van der Waals surface area contributed by atoms with E-state index in [9.17, 15) is 4.39 Å². The molecule has 1 aliphatic carbocycles. The van der Waals surface area contributed by atoms with Gasteiger partial charge in [0.25, 0.3) is 0 Å². The fraction of sp³-hybridized carbons (Fsp3) is 0.600. The van der Waals surface area contributed by atoms with E-state index in [-0.39, 0.29) is 11.4 Å². The molecule has 1 fully saturated rings. The number of rotatable bonds is 4. The van der Waals surface area contributed by atoms with Crippen LogP contribution in [0, 0.1) is 11.7 Å². The van der Waals surface area contributed by atoms with E-state index in [1.165, 1.54) is 12.5 Å². The van der Waals surface area contributed by atoms with Crippen molar-refractivity contribution in [2.45, 2.75) is 44.8 Å². The predicted octanol–water partition coefficient (Wildman–Crippen LogP) is 3.25. The third-order valence-corrected chi connectivity index (χ3v) is 3.91. The number of ether oxygens (including phenoxy) is 1. The maximum absolute atomic E-state index is 13.5. The molecule has 1 aliphatic rings. The van der Waals surface area contributed by atoms with Gasteiger partial charge in [-0.05, 0) is 24.8 Å². The fourth-order valence-corrected chi connectivity index (χ4v) is 2.83. The summed E-state index contributed by atoms with van der Waals surface area (Å²) >= 11 is 0. The van der Waals surface area contributed by atoms with Crippen LogP contribution in [0.3, 0.4) is 0 Å². The molecular formula is C15H22FNO. The van der Waals surface area contributed by atoms with Gasteiger partial charge in [-0.2, -0.15) is 0 Å². The molecule has 0 radical (unpaired) electrons.